The zero-order valence-corrected chi connectivity index (χ0v) is 14.1. The van der Waals surface area contributed by atoms with Crippen molar-refractivity contribution >= 4 is 25.5 Å². The molecule has 0 bridgehead atoms. The number of nitrogens with one attached hydrogen (secondary N) is 2. The van der Waals surface area contributed by atoms with Gasteiger partial charge in [0.2, 0.25) is 10.0 Å². The van der Waals surface area contributed by atoms with Crippen molar-refractivity contribution in [3.63, 3.8) is 0 Å². The van der Waals surface area contributed by atoms with E-state index in [4.69, 9.17) is 0 Å². The highest BCUT2D eigenvalue weighted by atomic mass is 32.2. The van der Waals surface area contributed by atoms with E-state index in [1.807, 2.05) is 19.9 Å². The zero-order valence-electron chi connectivity index (χ0n) is 12.5. The number of anilines is 1. The van der Waals surface area contributed by atoms with Crippen LogP contribution in [0.25, 0.3) is 0 Å². The first-order chi connectivity index (χ1) is 9.57. The van der Waals surface area contributed by atoms with Crippen LogP contribution in [0.2, 0.25) is 0 Å². The number of sulfonamides is 1. The summed E-state index contributed by atoms with van der Waals surface area (Å²) in [6.07, 6.45) is 1.01. The molecule has 0 aromatic heterocycles. The lowest BCUT2D eigenvalue weighted by Crippen LogP contribution is -2.23. The lowest BCUT2D eigenvalue weighted by molar-refractivity contribution is 0.588. The van der Waals surface area contributed by atoms with Gasteiger partial charge in [0, 0.05) is 24.5 Å². The van der Waals surface area contributed by atoms with Crippen molar-refractivity contribution < 1.29 is 16.8 Å². The first-order valence-electron chi connectivity index (χ1n) is 6.58. The van der Waals surface area contributed by atoms with E-state index in [-0.39, 0.29) is 0 Å². The van der Waals surface area contributed by atoms with E-state index in [0.717, 1.165) is 11.8 Å². The Morgan fingerprint density at radius 1 is 1.10 bits per heavy atom. The number of hydrogen-bond acceptors (Lipinski definition) is 5. The summed E-state index contributed by atoms with van der Waals surface area (Å²) in [4.78, 5) is 0. The van der Waals surface area contributed by atoms with Crippen molar-refractivity contribution in [2.45, 2.75) is 26.4 Å². The van der Waals surface area contributed by atoms with Crippen LogP contribution in [-0.2, 0) is 26.4 Å². The van der Waals surface area contributed by atoms with Gasteiger partial charge in [0.25, 0.3) is 0 Å². The molecule has 1 aromatic carbocycles. The van der Waals surface area contributed by atoms with E-state index in [1.165, 1.54) is 0 Å². The molecule has 0 aliphatic rings. The van der Waals surface area contributed by atoms with Crippen LogP contribution in [0.4, 0.5) is 5.69 Å². The number of rotatable bonds is 8. The lowest BCUT2D eigenvalue weighted by atomic mass is 10.2. The molecule has 0 saturated heterocycles. The molecule has 0 aliphatic carbocycles. The SMILES string of the molecule is CC(C)NCc1cccc(NS(=O)(=O)CCS(C)(=O)=O)c1. The van der Waals surface area contributed by atoms with Crippen molar-refractivity contribution in [1.29, 1.82) is 0 Å². The summed E-state index contributed by atoms with van der Waals surface area (Å²) < 4.78 is 48.1. The van der Waals surface area contributed by atoms with E-state index < -0.39 is 31.4 Å². The molecule has 120 valence electrons. The fourth-order valence-electron chi connectivity index (χ4n) is 1.56. The van der Waals surface area contributed by atoms with E-state index in [0.29, 0.717) is 18.3 Å². The predicted octanol–water partition coefficient (Wildman–Crippen LogP) is 0.971. The van der Waals surface area contributed by atoms with Crippen LogP contribution in [0, 0.1) is 0 Å². The van der Waals surface area contributed by atoms with Crippen LogP contribution in [0.1, 0.15) is 19.4 Å². The Kier molecular flexibility index (Phi) is 6.18. The molecular formula is C13H22N2O4S2. The summed E-state index contributed by atoms with van der Waals surface area (Å²) in [5, 5.41) is 3.24. The van der Waals surface area contributed by atoms with Gasteiger partial charge in [-0.2, -0.15) is 0 Å². The summed E-state index contributed by atoms with van der Waals surface area (Å²) in [6, 6.07) is 7.35. The highest BCUT2D eigenvalue weighted by molar-refractivity contribution is 7.95. The standard InChI is InChI=1S/C13H22N2O4S2/c1-11(2)14-10-12-5-4-6-13(9-12)15-21(18,19)8-7-20(3,16)17/h4-6,9,11,14-15H,7-8,10H2,1-3H3. The third kappa shape index (κ3) is 8.03. The number of hydrogen-bond donors (Lipinski definition) is 2. The molecule has 1 rings (SSSR count). The highest BCUT2D eigenvalue weighted by Gasteiger charge is 2.14. The van der Waals surface area contributed by atoms with E-state index >= 15 is 0 Å². The van der Waals surface area contributed by atoms with Crippen molar-refractivity contribution in [2.24, 2.45) is 0 Å². The summed E-state index contributed by atoms with van der Waals surface area (Å²) in [6.45, 7) is 4.69. The summed E-state index contributed by atoms with van der Waals surface area (Å²) in [7, 11) is -6.97. The molecule has 21 heavy (non-hydrogen) atoms. The molecule has 0 amide bonds. The monoisotopic (exact) mass is 334 g/mol. The molecule has 0 spiro atoms. The molecule has 0 fully saturated rings. The van der Waals surface area contributed by atoms with Gasteiger partial charge in [-0.1, -0.05) is 26.0 Å². The van der Waals surface area contributed by atoms with Gasteiger partial charge in [-0.05, 0) is 17.7 Å². The molecule has 0 atom stereocenters. The van der Waals surface area contributed by atoms with Crippen molar-refractivity contribution in [3.05, 3.63) is 29.8 Å². The third-order valence-corrected chi connectivity index (χ3v) is 5.13. The normalized spacial score (nSPS) is 12.6. The second-order valence-electron chi connectivity index (χ2n) is 5.29. The van der Waals surface area contributed by atoms with Crippen LogP contribution >= 0.6 is 0 Å². The Labute approximate surface area is 126 Å². The molecule has 8 heteroatoms. The molecule has 2 N–H and O–H groups in total. The summed E-state index contributed by atoms with van der Waals surface area (Å²) >= 11 is 0. The largest absolute Gasteiger partial charge is 0.310 e. The fourth-order valence-corrected chi connectivity index (χ4v) is 4.24. The van der Waals surface area contributed by atoms with E-state index in [9.17, 15) is 16.8 Å². The molecule has 6 nitrogen and oxygen atoms in total. The highest BCUT2D eigenvalue weighted by Crippen LogP contribution is 2.13. The molecule has 0 saturated carbocycles. The Bertz CT molecular complexity index is 667. The second-order valence-corrected chi connectivity index (χ2v) is 9.39. The Morgan fingerprint density at radius 2 is 1.76 bits per heavy atom. The van der Waals surface area contributed by atoms with Crippen molar-refractivity contribution in [3.8, 4) is 0 Å². The maximum absolute atomic E-state index is 11.8. The molecule has 0 radical (unpaired) electrons. The first kappa shape index (κ1) is 17.9. The van der Waals surface area contributed by atoms with Gasteiger partial charge in [-0.3, -0.25) is 4.72 Å². The topological polar surface area (TPSA) is 92.3 Å². The fraction of sp³-hybridized carbons (Fsp3) is 0.538. The summed E-state index contributed by atoms with van der Waals surface area (Å²) in [5.41, 5.74) is 1.39. The van der Waals surface area contributed by atoms with Gasteiger partial charge < -0.3 is 5.32 Å². The van der Waals surface area contributed by atoms with Gasteiger partial charge in [-0.15, -0.1) is 0 Å². The minimum absolute atomic E-state index is 0.333. The third-order valence-electron chi connectivity index (χ3n) is 2.64. The van der Waals surface area contributed by atoms with E-state index in [1.54, 1.807) is 18.2 Å². The smallest absolute Gasteiger partial charge is 0.233 e. The van der Waals surface area contributed by atoms with E-state index in [2.05, 4.69) is 10.0 Å². The quantitative estimate of drug-likeness (QED) is 0.739. The minimum atomic E-state index is -3.67. The maximum atomic E-state index is 11.8. The van der Waals surface area contributed by atoms with Crippen LogP contribution in [-0.4, -0.2) is 40.6 Å². The number of benzene rings is 1. The molecule has 0 heterocycles. The molecular weight excluding hydrogens is 312 g/mol. The van der Waals surface area contributed by atoms with Gasteiger partial charge in [0.1, 0.15) is 9.84 Å². The predicted molar refractivity (Wildman–Crippen MR) is 85.5 cm³/mol. The minimum Gasteiger partial charge on any atom is -0.310 e. The van der Waals surface area contributed by atoms with Gasteiger partial charge in [0.15, 0.2) is 0 Å². The molecule has 1 aromatic rings. The van der Waals surface area contributed by atoms with Crippen LogP contribution in [0.3, 0.4) is 0 Å². The Morgan fingerprint density at radius 3 is 2.33 bits per heavy atom. The maximum Gasteiger partial charge on any atom is 0.233 e. The van der Waals surface area contributed by atoms with Crippen LogP contribution in [0.5, 0.6) is 0 Å². The lowest BCUT2D eigenvalue weighted by Gasteiger charge is -2.11. The van der Waals surface area contributed by atoms with Crippen LogP contribution in [0.15, 0.2) is 24.3 Å². The van der Waals surface area contributed by atoms with Gasteiger partial charge >= 0.3 is 0 Å². The van der Waals surface area contributed by atoms with Crippen LogP contribution < -0.4 is 10.0 Å². The Hall–Kier alpha value is -1.12. The average molecular weight is 334 g/mol. The number of sulfone groups is 1. The first-order valence-corrected chi connectivity index (χ1v) is 10.3. The molecule has 0 unspecified atom stereocenters. The van der Waals surface area contributed by atoms with Gasteiger partial charge in [-0.25, -0.2) is 16.8 Å². The Balaban J connectivity index is 2.71. The molecule has 0 aliphatic heterocycles. The van der Waals surface area contributed by atoms with Crippen molar-refractivity contribution in [2.75, 3.05) is 22.5 Å². The van der Waals surface area contributed by atoms with Gasteiger partial charge in [0.05, 0.1) is 11.5 Å². The average Bonchev–Trinajstić information content (AvgIpc) is 2.33. The van der Waals surface area contributed by atoms with Crippen molar-refractivity contribution in [1.82, 2.24) is 5.32 Å². The summed E-state index contributed by atoms with van der Waals surface area (Å²) in [5.74, 6) is -0.836. The zero-order chi connectivity index (χ0) is 16.1. The second kappa shape index (κ2) is 7.24.